The minimum absolute atomic E-state index is 0.0348. The van der Waals surface area contributed by atoms with E-state index in [0.717, 1.165) is 19.3 Å². The fourth-order valence-corrected chi connectivity index (χ4v) is 8.25. The first-order valence-electron chi connectivity index (χ1n) is 14.5. The topological polar surface area (TPSA) is 82.6 Å². The summed E-state index contributed by atoms with van der Waals surface area (Å²) in [6.45, 7) is 8.68. The van der Waals surface area contributed by atoms with Gasteiger partial charge in [-0.25, -0.2) is 8.42 Å². The lowest BCUT2D eigenvalue weighted by atomic mass is 9.89. The molecule has 2 saturated heterocycles. The average molecular weight is 565 g/mol. The van der Waals surface area contributed by atoms with Crippen LogP contribution in [0.25, 0.3) is 0 Å². The third-order valence-corrected chi connectivity index (χ3v) is 11.2. The van der Waals surface area contributed by atoms with E-state index in [4.69, 9.17) is 9.47 Å². The summed E-state index contributed by atoms with van der Waals surface area (Å²) >= 11 is 0. The number of likely N-dealkylation sites (N-methyl/N-ethyl adjacent to an activating group) is 2. The first-order valence-corrected chi connectivity index (χ1v) is 16.0. The molecule has 1 amide bonds. The maximum Gasteiger partial charge on any atom is 0.248 e. The van der Waals surface area contributed by atoms with E-state index >= 15 is 0 Å². The molecule has 0 aromatic heterocycles. The Hall–Kier alpha value is -1.72. The summed E-state index contributed by atoms with van der Waals surface area (Å²) in [6.07, 6.45) is 8.36. The molecule has 9 nitrogen and oxygen atoms in total. The van der Waals surface area contributed by atoms with Crippen LogP contribution < -0.4 is 4.74 Å². The lowest BCUT2D eigenvalue weighted by Crippen LogP contribution is -2.47. The lowest BCUT2D eigenvalue weighted by molar-refractivity contribution is -0.137. The number of methoxy groups -OCH3 is 1. The van der Waals surface area contributed by atoms with Crippen LogP contribution in [0, 0.1) is 13.8 Å². The Balaban J connectivity index is 1.22. The maximum absolute atomic E-state index is 13.2. The van der Waals surface area contributed by atoms with E-state index in [-0.39, 0.29) is 31.7 Å². The zero-order valence-corrected chi connectivity index (χ0v) is 25.3. The smallest absolute Gasteiger partial charge is 0.248 e. The van der Waals surface area contributed by atoms with E-state index in [0.29, 0.717) is 33.9 Å². The molecule has 10 heteroatoms. The molecule has 3 fully saturated rings. The Labute approximate surface area is 235 Å². The molecule has 1 saturated carbocycles. The molecule has 2 heterocycles. The zero-order valence-electron chi connectivity index (χ0n) is 24.5. The molecule has 1 aliphatic carbocycles. The molecule has 3 atom stereocenters. The number of carbonyl (C=O) groups is 1. The molecule has 0 bridgehead atoms. The minimum Gasteiger partial charge on any atom is -0.497 e. The number of amides is 1. The van der Waals surface area contributed by atoms with Gasteiger partial charge in [0.05, 0.1) is 18.6 Å². The van der Waals surface area contributed by atoms with Gasteiger partial charge in [0, 0.05) is 51.9 Å². The number of hydrogen-bond acceptors (Lipinski definition) is 7. The predicted molar refractivity (Wildman–Crippen MR) is 153 cm³/mol. The first-order chi connectivity index (χ1) is 18.6. The van der Waals surface area contributed by atoms with Crippen LogP contribution in [0.1, 0.15) is 56.1 Å². The van der Waals surface area contributed by atoms with Gasteiger partial charge in [-0.05, 0) is 95.1 Å². The fourth-order valence-electron chi connectivity index (χ4n) is 6.70. The van der Waals surface area contributed by atoms with E-state index in [1.165, 1.54) is 56.2 Å². The van der Waals surface area contributed by atoms with Crippen LogP contribution in [0.5, 0.6) is 5.75 Å². The number of ether oxygens (including phenoxy) is 2. The van der Waals surface area contributed by atoms with Crippen LogP contribution >= 0.6 is 0 Å². The van der Waals surface area contributed by atoms with Gasteiger partial charge in [0.15, 0.2) is 0 Å². The van der Waals surface area contributed by atoms with Gasteiger partial charge in [-0.15, -0.1) is 0 Å². The van der Waals surface area contributed by atoms with Crippen molar-refractivity contribution in [1.82, 2.24) is 19.0 Å². The van der Waals surface area contributed by atoms with Gasteiger partial charge in [-0.2, -0.15) is 4.31 Å². The molecule has 1 unspecified atom stereocenters. The third-order valence-electron chi connectivity index (χ3n) is 9.04. The number of benzene rings is 1. The van der Waals surface area contributed by atoms with Gasteiger partial charge in [0.1, 0.15) is 12.4 Å². The van der Waals surface area contributed by atoms with Crippen molar-refractivity contribution < 1.29 is 22.7 Å². The van der Waals surface area contributed by atoms with Gasteiger partial charge >= 0.3 is 0 Å². The van der Waals surface area contributed by atoms with Crippen LogP contribution in [0.2, 0.25) is 0 Å². The van der Waals surface area contributed by atoms with Crippen molar-refractivity contribution in [3.8, 4) is 5.75 Å². The molecule has 0 spiro atoms. The highest BCUT2D eigenvalue weighted by atomic mass is 32.2. The molecular formula is C29H48N4O5S. The second-order valence-corrected chi connectivity index (χ2v) is 13.6. The second kappa shape index (κ2) is 13.3. The standard InChI is InChI=1S/C29H48N4O5S/c1-22-17-27(37-5)18-23(2)29(22)39(35,36)30(3)15-16-38-21-28(34)31(4)24-9-8-10-25(19-24)33-14-11-26(20-33)32-12-6-7-13-32/h17-18,24-26H,6-16,19-21H2,1-5H3/t24?,25-,26+/m1/s1. The molecule has 1 aromatic rings. The zero-order chi connectivity index (χ0) is 28.2. The molecule has 1 aromatic carbocycles. The van der Waals surface area contributed by atoms with Crippen LogP contribution in [0.4, 0.5) is 0 Å². The van der Waals surface area contributed by atoms with E-state index in [2.05, 4.69) is 9.80 Å². The van der Waals surface area contributed by atoms with Crippen LogP contribution in [0.3, 0.4) is 0 Å². The van der Waals surface area contributed by atoms with Crippen LogP contribution in [0.15, 0.2) is 17.0 Å². The molecule has 0 radical (unpaired) electrons. The number of carbonyl (C=O) groups excluding carboxylic acids is 1. The van der Waals surface area contributed by atoms with Gasteiger partial charge in [0.2, 0.25) is 15.9 Å². The highest BCUT2D eigenvalue weighted by molar-refractivity contribution is 7.89. The summed E-state index contributed by atoms with van der Waals surface area (Å²) < 4.78 is 38.6. The first kappa shape index (κ1) is 30.2. The van der Waals surface area contributed by atoms with Crippen LogP contribution in [-0.4, -0.2) is 119 Å². The van der Waals surface area contributed by atoms with Crippen molar-refractivity contribution in [3.05, 3.63) is 23.3 Å². The largest absolute Gasteiger partial charge is 0.497 e. The van der Waals surface area contributed by atoms with Gasteiger partial charge in [0.25, 0.3) is 0 Å². The molecule has 4 rings (SSSR count). The summed E-state index contributed by atoms with van der Waals surface area (Å²) in [7, 11) is 1.31. The molecule has 3 aliphatic rings. The van der Waals surface area contributed by atoms with Crippen molar-refractivity contribution in [1.29, 1.82) is 0 Å². The Morgan fingerprint density at radius 2 is 1.67 bits per heavy atom. The van der Waals surface area contributed by atoms with Crippen molar-refractivity contribution >= 4 is 15.9 Å². The summed E-state index contributed by atoms with van der Waals surface area (Å²) in [4.78, 5) is 20.5. The Morgan fingerprint density at radius 1 is 0.974 bits per heavy atom. The molecular weight excluding hydrogens is 516 g/mol. The minimum atomic E-state index is -3.69. The number of rotatable bonds is 11. The number of hydrogen-bond donors (Lipinski definition) is 0. The van der Waals surface area contributed by atoms with Crippen LogP contribution in [-0.2, 0) is 19.6 Å². The van der Waals surface area contributed by atoms with Crippen molar-refractivity contribution in [2.45, 2.75) is 81.8 Å². The predicted octanol–water partition coefficient (Wildman–Crippen LogP) is 2.89. The number of aryl methyl sites for hydroxylation is 2. The summed E-state index contributed by atoms with van der Waals surface area (Å²) in [5, 5.41) is 0. The number of sulfonamides is 1. The van der Waals surface area contributed by atoms with E-state index in [1.54, 1.807) is 40.1 Å². The molecule has 220 valence electrons. The summed E-state index contributed by atoms with van der Waals surface area (Å²) in [5.41, 5.74) is 1.28. The Bertz CT molecular complexity index is 1070. The third kappa shape index (κ3) is 7.14. The van der Waals surface area contributed by atoms with Gasteiger partial charge in [-0.1, -0.05) is 0 Å². The van der Waals surface area contributed by atoms with Crippen molar-refractivity contribution in [2.24, 2.45) is 0 Å². The SMILES string of the molecule is COc1cc(C)c(S(=O)(=O)N(C)CCOCC(=O)N(C)C2CCC[C@@H](N3CC[C@H](N4CCCC4)C3)C2)c(C)c1. The number of nitrogens with zero attached hydrogens (tertiary/aromatic N) is 4. The Kier molecular flexibility index (Phi) is 10.3. The highest BCUT2D eigenvalue weighted by Crippen LogP contribution is 2.31. The van der Waals surface area contributed by atoms with E-state index < -0.39 is 10.0 Å². The molecule has 2 aliphatic heterocycles. The van der Waals surface area contributed by atoms with E-state index in [1.807, 2.05) is 11.9 Å². The lowest BCUT2D eigenvalue weighted by Gasteiger charge is -2.39. The average Bonchev–Trinajstić information content (AvgIpc) is 3.62. The quantitative estimate of drug-likeness (QED) is 0.382. The summed E-state index contributed by atoms with van der Waals surface area (Å²) in [5.74, 6) is 0.595. The monoisotopic (exact) mass is 564 g/mol. The molecule has 0 N–H and O–H groups in total. The van der Waals surface area contributed by atoms with Gasteiger partial charge < -0.3 is 14.4 Å². The number of likely N-dealkylation sites (tertiary alicyclic amines) is 2. The van der Waals surface area contributed by atoms with Crippen molar-refractivity contribution in [2.75, 3.05) is 67.1 Å². The van der Waals surface area contributed by atoms with Crippen molar-refractivity contribution in [3.63, 3.8) is 0 Å². The highest BCUT2D eigenvalue weighted by Gasteiger charge is 2.36. The Morgan fingerprint density at radius 3 is 2.33 bits per heavy atom. The maximum atomic E-state index is 13.2. The fraction of sp³-hybridized carbons (Fsp3) is 0.759. The molecule has 39 heavy (non-hydrogen) atoms. The van der Waals surface area contributed by atoms with Gasteiger partial charge in [-0.3, -0.25) is 14.6 Å². The second-order valence-electron chi connectivity index (χ2n) is 11.6. The van der Waals surface area contributed by atoms with E-state index in [9.17, 15) is 13.2 Å². The normalized spacial score (nSPS) is 24.9. The summed E-state index contributed by atoms with van der Waals surface area (Å²) in [6, 6.07) is 4.94.